The van der Waals surface area contributed by atoms with Gasteiger partial charge in [-0.15, -0.1) is 0 Å². The Hall–Kier alpha value is -2.17. The lowest BCUT2D eigenvalue weighted by atomic mass is 10.1. The lowest BCUT2D eigenvalue weighted by molar-refractivity contribution is -0.152. The summed E-state index contributed by atoms with van der Waals surface area (Å²) in [6.45, 7) is 5.45. The highest BCUT2D eigenvalue weighted by molar-refractivity contribution is 5.65. The third-order valence-electron chi connectivity index (χ3n) is 4.88. The van der Waals surface area contributed by atoms with E-state index < -0.39 is 12.4 Å². The first-order valence-electron chi connectivity index (χ1n) is 9.09. The van der Waals surface area contributed by atoms with Crippen molar-refractivity contribution in [3.63, 3.8) is 0 Å². The topological polar surface area (TPSA) is 109 Å². The molecule has 2 N–H and O–H groups in total. The molecule has 0 saturated carbocycles. The number of rotatable bonds is 6. The number of hydrogen-bond acceptors (Lipinski definition) is 8. The molecule has 0 aromatic carbocycles. The van der Waals surface area contributed by atoms with Crippen LogP contribution in [0.15, 0.2) is 0 Å². The number of hydrogen-bond donors (Lipinski definition) is 2. The fraction of sp³-hybridized carbons (Fsp3) is 0.706. The Balaban J connectivity index is 1.83. The zero-order chi connectivity index (χ0) is 19.4. The van der Waals surface area contributed by atoms with Gasteiger partial charge >= 0.3 is 12.1 Å². The van der Waals surface area contributed by atoms with E-state index in [1.807, 2.05) is 6.92 Å². The van der Waals surface area contributed by atoms with Gasteiger partial charge in [0.15, 0.2) is 6.29 Å². The number of nitrogens with zero attached hydrogens (tertiary/aromatic N) is 4. The summed E-state index contributed by atoms with van der Waals surface area (Å²) in [4.78, 5) is 23.9. The van der Waals surface area contributed by atoms with E-state index in [-0.39, 0.29) is 12.1 Å². The number of amides is 1. The van der Waals surface area contributed by atoms with Gasteiger partial charge in [-0.1, -0.05) is 0 Å². The van der Waals surface area contributed by atoms with Crippen LogP contribution in [0.5, 0.6) is 6.01 Å². The molecule has 1 aromatic heterocycles. The van der Waals surface area contributed by atoms with E-state index in [1.54, 1.807) is 14.2 Å². The molecule has 1 atom stereocenters. The summed E-state index contributed by atoms with van der Waals surface area (Å²) in [6.07, 6.45) is -0.957. The molecule has 10 nitrogen and oxygen atoms in total. The second-order valence-corrected chi connectivity index (χ2v) is 6.60. The fourth-order valence-corrected chi connectivity index (χ4v) is 3.44. The highest BCUT2D eigenvalue weighted by atomic mass is 16.7. The second kappa shape index (κ2) is 8.68. The largest absolute Gasteiger partial charge is 0.465 e. The van der Waals surface area contributed by atoms with Gasteiger partial charge in [-0.05, 0) is 19.9 Å². The predicted octanol–water partition coefficient (Wildman–Crippen LogP) is 0.309. The molecule has 1 aromatic rings. The summed E-state index contributed by atoms with van der Waals surface area (Å²) < 4.78 is 16.4. The van der Waals surface area contributed by atoms with Crippen molar-refractivity contribution in [1.82, 2.24) is 20.2 Å². The summed E-state index contributed by atoms with van der Waals surface area (Å²) in [7, 11) is 3.11. The number of carboxylic acid groups (broad SMARTS) is 1. The molecule has 0 spiro atoms. The summed E-state index contributed by atoms with van der Waals surface area (Å²) in [5, 5.41) is 12.5. The van der Waals surface area contributed by atoms with Crippen LogP contribution in [0.25, 0.3) is 0 Å². The van der Waals surface area contributed by atoms with E-state index in [0.29, 0.717) is 32.7 Å². The van der Waals surface area contributed by atoms with E-state index in [1.165, 1.54) is 4.90 Å². The van der Waals surface area contributed by atoms with Gasteiger partial charge in [0, 0.05) is 52.5 Å². The maximum Gasteiger partial charge on any atom is 0.407 e. The van der Waals surface area contributed by atoms with Crippen molar-refractivity contribution in [3.8, 4) is 6.01 Å². The Morgan fingerprint density at radius 1 is 1.19 bits per heavy atom. The van der Waals surface area contributed by atoms with Crippen molar-refractivity contribution in [3.05, 3.63) is 11.3 Å². The van der Waals surface area contributed by atoms with E-state index >= 15 is 0 Å². The van der Waals surface area contributed by atoms with Gasteiger partial charge in [-0.3, -0.25) is 0 Å². The molecule has 27 heavy (non-hydrogen) atoms. The number of fused-ring (bicyclic) bond motifs is 1. The molecule has 1 fully saturated rings. The standard InChI is InChI=1S/C17H27N5O5/c1-11(15(25-2)26-3)27-16-19-13-10-18-5-4-12(13)14(20-16)21-6-8-22(9-7-21)17(23)24/h11,15,18H,4-10H2,1-3H3,(H,23,24). The molecule has 1 amide bonds. The molecule has 3 rings (SSSR count). The minimum atomic E-state index is -0.883. The van der Waals surface area contributed by atoms with Crippen molar-refractivity contribution in [2.24, 2.45) is 0 Å². The number of methoxy groups -OCH3 is 2. The molecule has 2 aliphatic heterocycles. The Bertz CT molecular complexity index is 661. The molecule has 1 saturated heterocycles. The van der Waals surface area contributed by atoms with E-state index in [2.05, 4.69) is 20.2 Å². The van der Waals surface area contributed by atoms with E-state index in [9.17, 15) is 4.79 Å². The summed E-state index contributed by atoms with van der Waals surface area (Å²) in [6, 6.07) is 0.278. The lowest BCUT2D eigenvalue weighted by Gasteiger charge is -2.35. The maximum absolute atomic E-state index is 11.2. The molecule has 2 aliphatic rings. The Kier molecular flexibility index (Phi) is 6.30. The number of ether oxygens (including phenoxy) is 3. The zero-order valence-corrected chi connectivity index (χ0v) is 16.0. The Morgan fingerprint density at radius 3 is 2.52 bits per heavy atom. The molecule has 0 radical (unpaired) electrons. The van der Waals surface area contributed by atoms with Crippen molar-refractivity contribution in [2.75, 3.05) is 51.8 Å². The predicted molar refractivity (Wildman–Crippen MR) is 97.1 cm³/mol. The first-order chi connectivity index (χ1) is 13.0. The highest BCUT2D eigenvalue weighted by Gasteiger charge is 2.27. The number of piperazine rings is 1. The van der Waals surface area contributed by atoms with E-state index in [0.717, 1.165) is 30.0 Å². The second-order valence-electron chi connectivity index (χ2n) is 6.60. The van der Waals surface area contributed by atoms with Crippen molar-refractivity contribution >= 4 is 11.9 Å². The minimum Gasteiger partial charge on any atom is -0.465 e. The number of carbonyl (C=O) groups is 1. The van der Waals surface area contributed by atoms with Crippen LogP contribution in [-0.4, -0.2) is 85.4 Å². The molecule has 150 valence electrons. The monoisotopic (exact) mass is 381 g/mol. The fourth-order valence-electron chi connectivity index (χ4n) is 3.44. The van der Waals surface area contributed by atoms with Gasteiger partial charge in [0.2, 0.25) is 0 Å². The van der Waals surface area contributed by atoms with Crippen LogP contribution in [0.3, 0.4) is 0 Å². The van der Waals surface area contributed by atoms with Gasteiger partial charge in [-0.25, -0.2) is 4.79 Å². The first-order valence-corrected chi connectivity index (χ1v) is 9.09. The van der Waals surface area contributed by atoms with Crippen LogP contribution in [-0.2, 0) is 22.4 Å². The van der Waals surface area contributed by atoms with Crippen molar-refractivity contribution in [2.45, 2.75) is 32.3 Å². The van der Waals surface area contributed by atoms with Gasteiger partial charge in [-0.2, -0.15) is 9.97 Å². The average molecular weight is 381 g/mol. The summed E-state index contributed by atoms with van der Waals surface area (Å²) >= 11 is 0. The highest BCUT2D eigenvalue weighted by Crippen LogP contribution is 2.27. The Morgan fingerprint density at radius 2 is 1.89 bits per heavy atom. The van der Waals surface area contributed by atoms with Gasteiger partial charge in [0.05, 0.1) is 5.69 Å². The molecule has 1 unspecified atom stereocenters. The van der Waals surface area contributed by atoms with Crippen molar-refractivity contribution in [1.29, 1.82) is 0 Å². The molecular formula is C17H27N5O5. The van der Waals surface area contributed by atoms with Crippen LogP contribution in [0.4, 0.5) is 10.6 Å². The molecule has 3 heterocycles. The summed E-state index contributed by atoms with van der Waals surface area (Å²) in [5.41, 5.74) is 2.02. The van der Waals surface area contributed by atoms with Gasteiger partial charge in [0.1, 0.15) is 11.9 Å². The van der Waals surface area contributed by atoms with Crippen LogP contribution in [0.1, 0.15) is 18.2 Å². The smallest absolute Gasteiger partial charge is 0.407 e. The quantitative estimate of drug-likeness (QED) is 0.673. The number of nitrogens with one attached hydrogen (secondary N) is 1. The van der Waals surface area contributed by atoms with Crippen LogP contribution in [0, 0.1) is 0 Å². The van der Waals surface area contributed by atoms with Crippen LogP contribution in [0.2, 0.25) is 0 Å². The van der Waals surface area contributed by atoms with Crippen LogP contribution < -0.4 is 15.0 Å². The third-order valence-corrected chi connectivity index (χ3v) is 4.88. The lowest BCUT2D eigenvalue weighted by Crippen LogP contribution is -2.49. The molecule has 10 heteroatoms. The Labute approximate surface area is 158 Å². The minimum absolute atomic E-state index is 0.278. The third kappa shape index (κ3) is 4.40. The van der Waals surface area contributed by atoms with Gasteiger partial charge in [0.25, 0.3) is 0 Å². The number of anilines is 1. The normalized spacial score (nSPS) is 18.4. The maximum atomic E-state index is 11.2. The molecule has 0 aliphatic carbocycles. The molecular weight excluding hydrogens is 354 g/mol. The summed E-state index contributed by atoms with van der Waals surface area (Å²) in [5.74, 6) is 0.833. The first kappa shape index (κ1) is 19.6. The van der Waals surface area contributed by atoms with E-state index in [4.69, 9.17) is 19.3 Å². The van der Waals surface area contributed by atoms with Crippen LogP contribution >= 0.6 is 0 Å². The average Bonchev–Trinajstić information content (AvgIpc) is 2.68. The number of aromatic nitrogens is 2. The van der Waals surface area contributed by atoms with Gasteiger partial charge < -0.3 is 34.4 Å². The zero-order valence-electron chi connectivity index (χ0n) is 16.0. The SMILES string of the molecule is COC(OC)C(C)Oc1nc2c(c(N3CCN(C(=O)O)CC3)n1)CCNC2. The van der Waals surface area contributed by atoms with Crippen molar-refractivity contribution < 1.29 is 24.1 Å². The molecule has 0 bridgehead atoms.